The lowest BCUT2D eigenvalue weighted by molar-refractivity contribution is 0.0675. The van der Waals surface area contributed by atoms with Gasteiger partial charge in [-0.1, -0.05) is 6.92 Å². The van der Waals surface area contributed by atoms with E-state index < -0.39 is 0 Å². The Labute approximate surface area is 126 Å². The van der Waals surface area contributed by atoms with Gasteiger partial charge in [0.2, 0.25) is 0 Å². The van der Waals surface area contributed by atoms with Crippen molar-refractivity contribution in [1.82, 2.24) is 9.80 Å². The van der Waals surface area contributed by atoms with Crippen LogP contribution in [0.3, 0.4) is 0 Å². The fourth-order valence-electron chi connectivity index (χ4n) is 2.87. The van der Waals surface area contributed by atoms with Gasteiger partial charge in [-0.2, -0.15) is 0 Å². The molecule has 0 saturated carbocycles. The number of nitrogens with two attached hydrogens (primary N) is 1. The highest BCUT2D eigenvalue weighted by molar-refractivity contribution is 5.95. The van der Waals surface area contributed by atoms with E-state index in [0.29, 0.717) is 17.0 Å². The standard InChI is InChI=1S/C16H25N3O2/c1-4-13-11-18(2)8-5-9-19(13)16(20)12-6-7-14(17)15(10-12)21-3/h6-7,10,13H,4-5,8-9,11,17H2,1-3H3. The summed E-state index contributed by atoms with van der Waals surface area (Å²) in [6.07, 6.45) is 1.97. The van der Waals surface area contributed by atoms with E-state index in [1.165, 1.54) is 0 Å². The minimum atomic E-state index is 0.0652. The van der Waals surface area contributed by atoms with Gasteiger partial charge in [0.15, 0.2) is 0 Å². The Balaban J connectivity index is 2.24. The molecule has 21 heavy (non-hydrogen) atoms. The van der Waals surface area contributed by atoms with Crippen molar-refractivity contribution in [2.45, 2.75) is 25.8 Å². The molecule has 2 N–H and O–H groups in total. The zero-order chi connectivity index (χ0) is 15.4. The summed E-state index contributed by atoms with van der Waals surface area (Å²) in [6.45, 7) is 4.89. The molecule has 116 valence electrons. The molecule has 1 fully saturated rings. The van der Waals surface area contributed by atoms with Crippen LogP contribution in [0.4, 0.5) is 5.69 Å². The Kier molecular flexibility index (Phi) is 5.07. The smallest absolute Gasteiger partial charge is 0.254 e. The fraction of sp³-hybridized carbons (Fsp3) is 0.562. The maximum Gasteiger partial charge on any atom is 0.254 e. The molecule has 5 heteroatoms. The summed E-state index contributed by atoms with van der Waals surface area (Å²) < 4.78 is 5.21. The summed E-state index contributed by atoms with van der Waals surface area (Å²) in [4.78, 5) is 17.1. The first kappa shape index (κ1) is 15.6. The lowest BCUT2D eigenvalue weighted by Gasteiger charge is -2.30. The average Bonchev–Trinajstić information content (AvgIpc) is 2.68. The number of likely N-dealkylation sites (N-methyl/N-ethyl adjacent to an activating group) is 1. The van der Waals surface area contributed by atoms with Crippen LogP contribution in [0.15, 0.2) is 18.2 Å². The highest BCUT2D eigenvalue weighted by atomic mass is 16.5. The van der Waals surface area contributed by atoms with Gasteiger partial charge in [-0.25, -0.2) is 0 Å². The van der Waals surface area contributed by atoms with Crippen molar-refractivity contribution in [3.63, 3.8) is 0 Å². The van der Waals surface area contributed by atoms with Crippen molar-refractivity contribution in [1.29, 1.82) is 0 Å². The van der Waals surface area contributed by atoms with Gasteiger partial charge in [0.1, 0.15) is 5.75 Å². The number of rotatable bonds is 3. The van der Waals surface area contributed by atoms with E-state index in [0.717, 1.165) is 32.5 Å². The van der Waals surface area contributed by atoms with Gasteiger partial charge in [0, 0.05) is 24.7 Å². The maximum atomic E-state index is 12.8. The fourth-order valence-corrected chi connectivity index (χ4v) is 2.87. The first-order valence-electron chi connectivity index (χ1n) is 7.49. The van der Waals surface area contributed by atoms with Crippen molar-refractivity contribution >= 4 is 11.6 Å². The Morgan fingerprint density at radius 1 is 1.43 bits per heavy atom. The van der Waals surface area contributed by atoms with Crippen molar-refractivity contribution < 1.29 is 9.53 Å². The van der Waals surface area contributed by atoms with Crippen LogP contribution in [0.2, 0.25) is 0 Å². The summed E-state index contributed by atoms with van der Waals surface area (Å²) in [5.74, 6) is 0.622. The second kappa shape index (κ2) is 6.80. The van der Waals surface area contributed by atoms with E-state index in [2.05, 4.69) is 18.9 Å². The normalized spacial score (nSPS) is 20.1. The molecule has 1 unspecified atom stereocenters. The molecule has 0 spiro atoms. The molecule has 1 heterocycles. The van der Waals surface area contributed by atoms with Gasteiger partial charge in [-0.15, -0.1) is 0 Å². The summed E-state index contributed by atoms with van der Waals surface area (Å²) >= 11 is 0. The van der Waals surface area contributed by atoms with Gasteiger partial charge in [-0.3, -0.25) is 4.79 Å². The van der Waals surface area contributed by atoms with Crippen LogP contribution in [-0.4, -0.2) is 55.5 Å². The second-order valence-electron chi connectivity index (χ2n) is 5.63. The molecule has 1 atom stereocenters. The molecule has 1 aromatic rings. The first-order valence-corrected chi connectivity index (χ1v) is 7.49. The molecule has 0 bridgehead atoms. The van der Waals surface area contributed by atoms with E-state index in [-0.39, 0.29) is 11.9 Å². The Bertz CT molecular complexity index is 504. The summed E-state index contributed by atoms with van der Waals surface area (Å²) in [5.41, 5.74) is 7.01. The Morgan fingerprint density at radius 3 is 2.86 bits per heavy atom. The number of benzene rings is 1. The summed E-state index contributed by atoms with van der Waals surface area (Å²) in [6, 6.07) is 5.51. The first-order chi connectivity index (χ1) is 10.1. The number of methoxy groups -OCH3 is 1. The molecule has 1 amide bonds. The second-order valence-corrected chi connectivity index (χ2v) is 5.63. The third kappa shape index (κ3) is 3.47. The highest BCUT2D eigenvalue weighted by Crippen LogP contribution is 2.24. The van der Waals surface area contributed by atoms with Crippen molar-refractivity contribution in [3.05, 3.63) is 23.8 Å². The predicted molar refractivity (Wildman–Crippen MR) is 84.6 cm³/mol. The number of hydrogen-bond acceptors (Lipinski definition) is 4. The van der Waals surface area contributed by atoms with Crippen molar-refractivity contribution in [2.75, 3.05) is 39.5 Å². The molecule has 5 nitrogen and oxygen atoms in total. The lowest BCUT2D eigenvalue weighted by Crippen LogP contribution is -2.43. The number of carbonyl (C=O) groups is 1. The number of nitrogen functional groups attached to an aromatic ring is 1. The molecule has 1 saturated heterocycles. The predicted octanol–water partition coefficient (Wildman–Crippen LogP) is 1.83. The van der Waals surface area contributed by atoms with Gasteiger partial charge in [0.05, 0.1) is 12.8 Å². The molecule has 0 radical (unpaired) electrons. The lowest BCUT2D eigenvalue weighted by atomic mass is 10.1. The topological polar surface area (TPSA) is 58.8 Å². The number of nitrogens with zero attached hydrogens (tertiary/aromatic N) is 2. The van der Waals surface area contributed by atoms with Crippen molar-refractivity contribution in [2.24, 2.45) is 0 Å². The maximum absolute atomic E-state index is 12.8. The van der Waals surface area contributed by atoms with E-state index in [1.54, 1.807) is 25.3 Å². The molecular weight excluding hydrogens is 266 g/mol. The molecule has 2 rings (SSSR count). The Morgan fingerprint density at radius 2 is 2.19 bits per heavy atom. The summed E-state index contributed by atoms with van der Waals surface area (Å²) in [7, 11) is 3.68. The zero-order valence-electron chi connectivity index (χ0n) is 13.1. The number of carbonyl (C=O) groups excluding carboxylic acids is 1. The number of hydrogen-bond donors (Lipinski definition) is 1. The van der Waals surface area contributed by atoms with Crippen LogP contribution in [-0.2, 0) is 0 Å². The van der Waals surface area contributed by atoms with Gasteiger partial charge >= 0.3 is 0 Å². The van der Waals surface area contributed by atoms with Crippen LogP contribution in [0.25, 0.3) is 0 Å². The minimum Gasteiger partial charge on any atom is -0.495 e. The summed E-state index contributed by atoms with van der Waals surface area (Å²) in [5, 5.41) is 0. The largest absolute Gasteiger partial charge is 0.495 e. The van der Waals surface area contributed by atoms with E-state index in [4.69, 9.17) is 10.5 Å². The molecule has 1 aliphatic heterocycles. The highest BCUT2D eigenvalue weighted by Gasteiger charge is 2.27. The SMILES string of the molecule is CCC1CN(C)CCCN1C(=O)c1ccc(N)c(OC)c1. The molecule has 0 aromatic heterocycles. The monoisotopic (exact) mass is 291 g/mol. The van der Waals surface area contributed by atoms with Gasteiger partial charge in [-0.05, 0) is 44.6 Å². The van der Waals surface area contributed by atoms with Crippen LogP contribution >= 0.6 is 0 Å². The number of anilines is 1. The number of ether oxygens (including phenoxy) is 1. The third-order valence-corrected chi connectivity index (χ3v) is 4.11. The van der Waals surface area contributed by atoms with Crippen LogP contribution in [0.5, 0.6) is 5.75 Å². The quantitative estimate of drug-likeness (QED) is 0.863. The Hall–Kier alpha value is -1.75. The molecule has 0 aliphatic carbocycles. The van der Waals surface area contributed by atoms with Crippen LogP contribution in [0, 0.1) is 0 Å². The molecule has 1 aliphatic rings. The van der Waals surface area contributed by atoms with Crippen molar-refractivity contribution in [3.8, 4) is 5.75 Å². The van der Waals surface area contributed by atoms with E-state index in [9.17, 15) is 4.79 Å². The van der Waals surface area contributed by atoms with Gasteiger partial charge in [0.25, 0.3) is 5.91 Å². The third-order valence-electron chi connectivity index (χ3n) is 4.11. The molecule has 1 aromatic carbocycles. The van der Waals surface area contributed by atoms with Crippen LogP contribution < -0.4 is 10.5 Å². The number of amides is 1. The van der Waals surface area contributed by atoms with Crippen LogP contribution in [0.1, 0.15) is 30.1 Å². The molecular formula is C16H25N3O2. The minimum absolute atomic E-state index is 0.0652. The van der Waals surface area contributed by atoms with Gasteiger partial charge < -0.3 is 20.3 Å². The van der Waals surface area contributed by atoms with E-state index >= 15 is 0 Å². The zero-order valence-corrected chi connectivity index (χ0v) is 13.1. The van der Waals surface area contributed by atoms with E-state index in [1.807, 2.05) is 4.90 Å². The average molecular weight is 291 g/mol.